The van der Waals surface area contributed by atoms with E-state index < -0.39 is 0 Å². The Morgan fingerprint density at radius 2 is 2.25 bits per heavy atom. The van der Waals surface area contributed by atoms with Gasteiger partial charge in [0, 0.05) is 6.54 Å². The van der Waals surface area contributed by atoms with Crippen LogP contribution in [0.15, 0.2) is 4.52 Å². The molecule has 2 fully saturated rings. The van der Waals surface area contributed by atoms with Gasteiger partial charge in [-0.1, -0.05) is 5.16 Å². The highest BCUT2D eigenvalue weighted by molar-refractivity contribution is 7.15. The van der Waals surface area contributed by atoms with Crippen LogP contribution in [0.4, 0.5) is 0 Å². The summed E-state index contributed by atoms with van der Waals surface area (Å²) in [6, 6.07) is 0. The van der Waals surface area contributed by atoms with Gasteiger partial charge < -0.3 is 15.0 Å². The van der Waals surface area contributed by atoms with Crippen molar-refractivity contribution in [3.63, 3.8) is 0 Å². The fourth-order valence-electron chi connectivity index (χ4n) is 3.13. The highest BCUT2D eigenvalue weighted by Gasteiger charge is 2.43. The van der Waals surface area contributed by atoms with Crippen molar-refractivity contribution >= 4 is 11.3 Å². The van der Waals surface area contributed by atoms with Crippen molar-refractivity contribution in [3.8, 4) is 10.8 Å². The lowest BCUT2D eigenvalue weighted by atomic mass is 9.89. The van der Waals surface area contributed by atoms with E-state index >= 15 is 0 Å². The fourth-order valence-corrected chi connectivity index (χ4v) is 3.99. The SMILES string of the molecule is Cc1nc(CN)sc1-c1nc(C2CC3CCC2O3)no1. The monoisotopic (exact) mass is 292 g/mol. The number of fused-ring (bicyclic) bond motifs is 2. The summed E-state index contributed by atoms with van der Waals surface area (Å²) < 4.78 is 11.3. The molecule has 0 aliphatic carbocycles. The first-order valence-corrected chi connectivity index (χ1v) is 7.72. The highest BCUT2D eigenvalue weighted by Crippen LogP contribution is 2.44. The second-order valence-corrected chi connectivity index (χ2v) is 6.48. The molecule has 2 aromatic rings. The van der Waals surface area contributed by atoms with Crippen molar-refractivity contribution < 1.29 is 9.26 Å². The van der Waals surface area contributed by atoms with Crippen molar-refractivity contribution in [3.05, 3.63) is 16.5 Å². The molecule has 2 bridgehead atoms. The van der Waals surface area contributed by atoms with E-state index in [9.17, 15) is 0 Å². The third-order valence-corrected chi connectivity index (χ3v) is 5.26. The summed E-state index contributed by atoms with van der Waals surface area (Å²) in [5.41, 5.74) is 6.52. The van der Waals surface area contributed by atoms with E-state index in [-0.39, 0.29) is 12.0 Å². The van der Waals surface area contributed by atoms with Crippen LogP contribution in [0, 0.1) is 6.92 Å². The van der Waals surface area contributed by atoms with E-state index in [1.807, 2.05) is 6.92 Å². The van der Waals surface area contributed by atoms with Crippen LogP contribution >= 0.6 is 11.3 Å². The molecule has 0 aromatic carbocycles. The van der Waals surface area contributed by atoms with Crippen LogP contribution in [-0.4, -0.2) is 27.3 Å². The number of nitrogens with two attached hydrogens (primary N) is 1. The van der Waals surface area contributed by atoms with Gasteiger partial charge in [-0.05, 0) is 26.2 Å². The number of hydrogen-bond donors (Lipinski definition) is 1. The van der Waals surface area contributed by atoms with Gasteiger partial charge in [0.1, 0.15) is 9.88 Å². The Morgan fingerprint density at radius 1 is 1.35 bits per heavy atom. The Labute approximate surface area is 120 Å². The van der Waals surface area contributed by atoms with E-state index in [1.165, 1.54) is 17.8 Å². The molecule has 4 heterocycles. The second-order valence-electron chi connectivity index (χ2n) is 5.40. The largest absolute Gasteiger partial charge is 0.374 e. The van der Waals surface area contributed by atoms with Gasteiger partial charge in [0.2, 0.25) is 0 Å². The number of rotatable bonds is 3. The molecule has 3 unspecified atom stereocenters. The van der Waals surface area contributed by atoms with E-state index in [0.717, 1.165) is 34.2 Å². The molecule has 6 nitrogen and oxygen atoms in total. The van der Waals surface area contributed by atoms with Crippen LogP contribution < -0.4 is 5.73 Å². The molecule has 106 valence electrons. The van der Waals surface area contributed by atoms with Gasteiger partial charge in [-0.3, -0.25) is 0 Å². The maximum absolute atomic E-state index is 5.85. The van der Waals surface area contributed by atoms with Crippen molar-refractivity contribution in [1.82, 2.24) is 15.1 Å². The van der Waals surface area contributed by atoms with Gasteiger partial charge in [-0.2, -0.15) is 4.98 Å². The molecule has 20 heavy (non-hydrogen) atoms. The standard InChI is InChI=1S/C13H16N4O2S/c1-6-11(20-10(5-14)15-6)13-16-12(17-19-13)8-4-7-2-3-9(8)18-7/h7-9H,2-5,14H2,1H3. The van der Waals surface area contributed by atoms with Gasteiger partial charge in [0.15, 0.2) is 5.82 Å². The molecule has 0 radical (unpaired) electrons. The Kier molecular flexibility index (Phi) is 2.87. The number of aromatic nitrogens is 3. The first-order chi connectivity index (χ1) is 9.74. The number of thiazole rings is 1. The molecule has 2 saturated heterocycles. The molecule has 2 aliphatic heterocycles. The molecule has 2 aromatic heterocycles. The summed E-state index contributed by atoms with van der Waals surface area (Å²) in [5, 5.41) is 5.04. The van der Waals surface area contributed by atoms with Crippen molar-refractivity contribution in [2.24, 2.45) is 5.73 Å². The molecule has 3 atom stereocenters. The predicted molar refractivity (Wildman–Crippen MR) is 73.3 cm³/mol. The number of ether oxygens (including phenoxy) is 1. The number of aryl methyl sites for hydroxylation is 1. The molecule has 0 spiro atoms. The first kappa shape index (κ1) is 12.4. The molecule has 4 rings (SSSR count). The molecule has 2 N–H and O–H groups in total. The van der Waals surface area contributed by atoms with E-state index in [1.54, 1.807) is 0 Å². The first-order valence-electron chi connectivity index (χ1n) is 6.90. The van der Waals surface area contributed by atoms with Gasteiger partial charge in [0.25, 0.3) is 5.89 Å². The zero-order valence-electron chi connectivity index (χ0n) is 11.2. The minimum atomic E-state index is 0.271. The van der Waals surface area contributed by atoms with Crippen LogP contribution in [0.3, 0.4) is 0 Å². The molecule has 0 amide bonds. The number of nitrogens with zero attached hydrogens (tertiary/aromatic N) is 3. The van der Waals surface area contributed by atoms with Gasteiger partial charge >= 0.3 is 0 Å². The topological polar surface area (TPSA) is 87.1 Å². The lowest BCUT2D eigenvalue weighted by Gasteiger charge is -2.13. The van der Waals surface area contributed by atoms with Crippen LogP contribution in [0.1, 0.15) is 41.7 Å². The quantitative estimate of drug-likeness (QED) is 0.931. The molecule has 7 heteroatoms. The summed E-state index contributed by atoms with van der Waals surface area (Å²) in [4.78, 5) is 9.88. The van der Waals surface area contributed by atoms with Gasteiger partial charge in [-0.25, -0.2) is 4.98 Å². The summed E-state index contributed by atoms with van der Waals surface area (Å²) in [5.74, 6) is 1.61. The Balaban J connectivity index is 1.63. The Morgan fingerprint density at radius 3 is 2.90 bits per heavy atom. The van der Waals surface area contributed by atoms with Crippen LogP contribution in [0.25, 0.3) is 10.8 Å². The van der Waals surface area contributed by atoms with E-state index in [4.69, 9.17) is 15.0 Å². The smallest absolute Gasteiger partial charge is 0.269 e. The zero-order chi connectivity index (χ0) is 13.7. The zero-order valence-corrected chi connectivity index (χ0v) is 12.0. The molecular formula is C13H16N4O2S. The van der Waals surface area contributed by atoms with Crippen molar-refractivity contribution in [2.45, 2.75) is 50.9 Å². The van der Waals surface area contributed by atoms with Crippen LogP contribution in [-0.2, 0) is 11.3 Å². The summed E-state index contributed by atoms with van der Waals surface area (Å²) in [6.45, 7) is 2.38. The third-order valence-electron chi connectivity index (χ3n) is 4.09. The third kappa shape index (κ3) is 1.88. The molecule has 0 saturated carbocycles. The Hall–Kier alpha value is -1.31. The predicted octanol–water partition coefficient (Wildman–Crippen LogP) is 2.00. The van der Waals surface area contributed by atoms with E-state index in [2.05, 4.69) is 15.1 Å². The maximum atomic E-state index is 5.85. The van der Waals surface area contributed by atoms with Gasteiger partial charge in [-0.15, -0.1) is 11.3 Å². The summed E-state index contributed by atoms with van der Waals surface area (Å²) in [7, 11) is 0. The summed E-state index contributed by atoms with van der Waals surface area (Å²) >= 11 is 1.52. The lowest BCUT2D eigenvalue weighted by Crippen LogP contribution is -2.15. The normalized spacial score (nSPS) is 28.4. The average Bonchev–Trinajstić information content (AvgIpc) is 3.21. The van der Waals surface area contributed by atoms with Gasteiger partial charge in [0.05, 0.1) is 23.8 Å². The highest BCUT2D eigenvalue weighted by atomic mass is 32.1. The van der Waals surface area contributed by atoms with E-state index in [0.29, 0.717) is 18.5 Å². The van der Waals surface area contributed by atoms with Crippen LogP contribution in [0.5, 0.6) is 0 Å². The molecular weight excluding hydrogens is 276 g/mol. The Bertz CT molecular complexity index is 638. The minimum absolute atomic E-state index is 0.271. The maximum Gasteiger partial charge on any atom is 0.269 e. The summed E-state index contributed by atoms with van der Waals surface area (Å²) in [6.07, 6.45) is 3.95. The minimum Gasteiger partial charge on any atom is -0.374 e. The van der Waals surface area contributed by atoms with Crippen molar-refractivity contribution in [1.29, 1.82) is 0 Å². The van der Waals surface area contributed by atoms with Crippen molar-refractivity contribution in [2.75, 3.05) is 0 Å². The fraction of sp³-hybridized carbons (Fsp3) is 0.615. The molecule has 2 aliphatic rings. The average molecular weight is 292 g/mol. The van der Waals surface area contributed by atoms with Crippen LogP contribution in [0.2, 0.25) is 0 Å². The lowest BCUT2D eigenvalue weighted by molar-refractivity contribution is 0.0996. The number of hydrogen-bond acceptors (Lipinski definition) is 7. The second kappa shape index (κ2) is 4.61.